The second-order valence-corrected chi connectivity index (χ2v) is 4.96. The van der Waals surface area contributed by atoms with E-state index in [0.717, 1.165) is 12.0 Å². The molecule has 21 heavy (non-hydrogen) atoms. The fraction of sp³-hybridized carbons (Fsp3) is 0.438. The van der Waals surface area contributed by atoms with Gasteiger partial charge in [0.25, 0.3) is 0 Å². The van der Waals surface area contributed by atoms with Crippen LogP contribution < -0.4 is 10.6 Å². The van der Waals surface area contributed by atoms with Gasteiger partial charge >= 0.3 is 0 Å². The first kappa shape index (κ1) is 16.7. The van der Waals surface area contributed by atoms with Crippen LogP contribution in [0.15, 0.2) is 24.3 Å². The van der Waals surface area contributed by atoms with Gasteiger partial charge in [-0.15, -0.1) is 0 Å². The van der Waals surface area contributed by atoms with Crippen molar-refractivity contribution in [2.45, 2.75) is 39.2 Å². The minimum Gasteiger partial charge on any atom is -0.355 e. The Labute approximate surface area is 125 Å². The van der Waals surface area contributed by atoms with Gasteiger partial charge in [0, 0.05) is 19.0 Å². The van der Waals surface area contributed by atoms with Crippen molar-refractivity contribution in [3.63, 3.8) is 0 Å². The van der Waals surface area contributed by atoms with E-state index < -0.39 is 0 Å². The maximum Gasteiger partial charge on any atom is 0.224 e. The van der Waals surface area contributed by atoms with Gasteiger partial charge in [-0.2, -0.15) is 5.26 Å². The van der Waals surface area contributed by atoms with Crippen molar-refractivity contribution in [1.82, 2.24) is 10.6 Å². The van der Waals surface area contributed by atoms with Gasteiger partial charge in [0.15, 0.2) is 0 Å². The Bertz CT molecular complexity index is 517. The Morgan fingerprint density at radius 1 is 1.24 bits per heavy atom. The minimum atomic E-state index is -0.129. The lowest BCUT2D eigenvalue weighted by Gasteiger charge is -2.11. The number of rotatable bonds is 7. The molecule has 1 aromatic carbocycles. The molecule has 0 spiro atoms. The summed E-state index contributed by atoms with van der Waals surface area (Å²) in [6.07, 6.45) is 1.42. The van der Waals surface area contributed by atoms with Crippen LogP contribution in [-0.2, 0) is 16.0 Å². The first-order chi connectivity index (χ1) is 10.0. The Morgan fingerprint density at radius 3 is 2.48 bits per heavy atom. The average Bonchev–Trinajstić information content (AvgIpc) is 2.47. The molecule has 0 fully saturated rings. The van der Waals surface area contributed by atoms with Gasteiger partial charge in [-0.05, 0) is 31.0 Å². The molecule has 0 aliphatic carbocycles. The highest BCUT2D eigenvalue weighted by Gasteiger charge is 2.07. The Kier molecular flexibility index (Phi) is 6.96. The first-order valence-electron chi connectivity index (χ1n) is 7.10. The molecule has 1 unspecified atom stereocenters. The molecule has 1 rings (SSSR count). The van der Waals surface area contributed by atoms with E-state index in [9.17, 15) is 9.59 Å². The number of hydrogen-bond donors (Lipinski definition) is 2. The van der Waals surface area contributed by atoms with Crippen molar-refractivity contribution in [3.8, 4) is 6.07 Å². The molecule has 1 aromatic rings. The molecule has 0 aliphatic rings. The van der Waals surface area contributed by atoms with E-state index in [4.69, 9.17) is 5.26 Å². The predicted molar refractivity (Wildman–Crippen MR) is 80.4 cm³/mol. The first-order valence-corrected chi connectivity index (χ1v) is 7.10. The van der Waals surface area contributed by atoms with Crippen molar-refractivity contribution in [2.24, 2.45) is 0 Å². The van der Waals surface area contributed by atoms with Crippen LogP contribution in [0.3, 0.4) is 0 Å². The van der Waals surface area contributed by atoms with Crippen molar-refractivity contribution in [1.29, 1.82) is 5.26 Å². The van der Waals surface area contributed by atoms with Gasteiger partial charge in [-0.1, -0.05) is 19.1 Å². The summed E-state index contributed by atoms with van der Waals surface area (Å²) in [4.78, 5) is 23.2. The van der Waals surface area contributed by atoms with Gasteiger partial charge < -0.3 is 10.6 Å². The normalized spacial score (nSPS) is 11.3. The van der Waals surface area contributed by atoms with Crippen LogP contribution in [0.5, 0.6) is 0 Å². The number of nitriles is 1. The highest BCUT2D eigenvalue weighted by molar-refractivity contribution is 5.80. The van der Waals surface area contributed by atoms with Crippen LogP contribution in [0.4, 0.5) is 0 Å². The van der Waals surface area contributed by atoms with Gasteiger partial charge in [-0.3, -0.25) is 9.59 Å². The third-order valence-electron chi connectivity index (χ3n) is 3.14. The lowest BCUT2D eigenvalue weighted by atomic mass is 10.1. The van der Waals surface area contributed by atoms with E-state index in [0.29, 0.717) is 12.1 Å². The second-order valence-electron chi connectivity index (χ2n) is 4.96. The van der Waals surface area contributed by atoms with Gasteiger partial charge in [0.05, 0.1) is 18.1 Å². The summed E-state index contributed by atoms with van der Waals surface area (Å²) in [5.41, 5.74) is 1.41. The van der Waals surface area contributed by atoms with Crippen LogP contribution in [0.25, 0.3) is 0 Å². The zero-order valence-corrected chi connectivity index (χ0v) is 12.5. The number of nitrogens with one attached hydrogen (secondary N) is 2. The standard InChI is InChI=1S/C16H21N3O2/c1-3-12(2)19-15(20)8-9-18-16(21)10-13-4-6-14(11-17)7-5-13/h4-7,12H,3,8-10H2,1-2H3,(H,18,21)(H,19,20). The molecule has 5 nitrogen and oxygen atoms in total. The van der Waals surface area contributed by atoms with E-state index in [-0.39, 0.29) is 30.7 Å². The third-order valence-corrected chi connectivity index (χ3v) is 3.14. The van der Waals surface area contributed by atoms with Crippen molar-refractivity contribution in [3.05, 3.63) is 35.4 Å². The highest BCUT2D eigenvalue weighted by Crippen LogP contribution is 2.03. The molecule has 0 saturated carbocycles. The fourth-order valence-corrected chi connectivity index (χ4v) is 1.71. The summed E-state index contributed by atoms with van der Waals surface area (Å²) in [6.45, 7) is 4.28. The summed E-state index contributed by atoms with van der Waals surface area (Å²) in [5, 5.41) is 14.3. The second kappa shape index (κ2) is 8.75. The van der Waals surface area contributed by atoms with Gasteiger partial charge in [0.2, 0.25) is 11.8 Å². The molecule has 2 N–H and O–H groups in total. The largest absolute Gasteiger partial charge is 0.355 e. The maximum absolute atomic E-state index is 11.7. The fourth-order valence-electron chi connectivity index (χ4n) is 1.71. The minimum absolute atomic E-state index is 0.0528. The molecule has 0 aromatic heterocycles. The van der Waals surface area contributed by atoms with Crippen LogP contribution in [0, 0.1) is 11.3 Å². The topological polar surface area (TPSA) is 82.0 Å². The molecule has 0 heterocycles. The van der Waals surface area contributed by atoms with Gasteiger partial charge in [0.1, 0.15) is 0 Å². The zero-order valence-electron chi connectivity index (χ0n) is 12.5. The Balaban J connectivity index is 2.28. The van der Waals surface area contributed by atoms with Crippen molar-refractivity contribution < 1.29 is 9.59 Å². The van der Waals surface area contributed by atoms with E-state index in [1.54, 1.807) is 24.3 Å². The molecular formula is C16H21N3O2. The number of benzene rings is 1. The van der Waals surface area contributed by atoms with Gasteiger partial charge in [-0.25, -0.2) is 0 Å². The van der Waals surface area contributed by atoms with Crippen LogP contribution in [-0.4, -0.2) is 24.4 Å². The number of carbonyl (C=O) groups excluding carboxylic acids is 2. The van der Waals surface area contributed by atoms with Crippen LogP contribution in [0.1, 0.15) is 37.8 Å². The molecule has 0 bridgehead atoms. The molecule has 5 heteroatoms. The van der Waals surface area contributed by atoms with Crippen LogP contribution >= 0.6 is 0 Å². The molecule has 0 radical (unpaired) electrons. The lowest BCUT2D eigenvalue weighted by Crippen LogP contribution is -2.35. The SMILES string of the molecule is CCC(C)NC(=O)CCNC(=O)Cc1ccc(C#N)cc1. The molecule has 1 atom stereocenters. The monoisotopic (exact) mass is 287 g/mol. The molecular weight excluding hydrogens is 266 g/mol. The summed E-state index contributed by atoms with van der Waals surface area (Å²) >= 11 is 0. The summed E-state index contributed by atoms with van der Waals surface area (Å²) in [7, 11) is 0. The Hall–Kier alpha value is -2.35. The van der Waals surface area contributed by atoms with Crippen molar-refractivity contribution in [2.75, 3.05) is 6.54 Å². The predicted octanol–water partition coefficient (Wildman–Crippen LogP) is 1.52. The zero-order chi connectivity index (χ0) is 15.7. The maximum atomic E-state index is 11.7. The average molecular weight is 287 g/mol. The summed E-state index contributed by atoms with van der Waals surface area (Å²) < 4.78 is 0. The van der Waals surface area contributed by atoms with E-state index >= 15 is 0 Å². The summed E-state index contributed by atoms with van der Waals surface area (Å²) in [6, 6.07) is 9.07. The van der Waals surface area contributed by atoms with E-state index in [1.807, 2.05) is 19.9 Å². The van der Waals surface area contributed by atoms with E-state index in [1.165, 1.54) is 0 Å². The van der Waals surface area contributed by atoms with Crippen LogP contribution in [0.2, 0.25) is 0 Å². The number of carbonyl (C=O) groups is 2. The number of nitrogens with zero attached hydrogens (tertiary/aromatic N) is 1. The molecule has 0 saturated heterocycles. The van der Waals surface area contributed by atoms with E-state index in [2.05, 4.69) is 10.6 Å². The summed E-state index contributed by atoms with van der Waals surface area (Å²) in [5.74, 6) is -0.181. The molecule has 0 aliphatic heterocycles. The number of amides is 2. The number of hydrogen-bond acceptors (Lipinski definition) is 3. The quantitative estimate of drug-likeness (QED) is 0.797. The Morgan fingerprint density at radius 2 is 1.90 bits per heavy atom. The smallest absolute Gasteiger partial charge is 0.224 e. The lowest BCUT2D eigenvalue weighted by molar-refractivity contribution is -0.122. The van der Waals surface area contributed by atoms with Crippen molar-refractivity contribution >= 4 is 11.8 Å². The molecule has 2 amide bonds. The molecule has 112 valence electrons. The highest BCUT2D eigenvalue weighted by atomic mass is 16.2. The third kappa shape index (κ3) is 6.57.